The number of rotatable bonds is 4. The molecule has 0 amide bonds. The zero-order valence-electron chi connectivity index (χ0n) is 17.1. The minimum absolute atomic E-state index is 0.0721. The van der Waals surface area contributed by atoms with Crippen molar-refractivity contribution >= 4 is 0 Å². The summed E-state index contributed by atoms with van der Waals surface area (Å²) in [5.41, 5.74) is 2.19. The van der Waals surface area contributed by atoms with E-state index in [0.717, 1.165) is 29.6 Å². The Labute approximate surface area is 163 Å². The summed E-state index contributed by atoms with van der Waals surface area (Å²) in [7, 11) is 3.24. The predicted octanol–water partition coefficient (Wildman–Crippen LogP) is 3.49. The normalized spacial score (nSPS) is 36.7. The molecule has 2 aliphatic rings. The Morgan fingerprint density at radius 2 is 2.00 bits per heavy atom. The van der Waals surface area contributed by atoms with Gasteiger partial charge in [-0.05, 0) is 51.5 Å². The molecule has 152 valence electrons. The van der Waals surface area contributed by atoms with E-state index in [1.807, 2.05) is 25.2 Å². The van der Waals surface area contributed by atoms with E-state index in [-0.39, 0.29) is 11.8 Å². The number of hydrogen-bond donors (Lipinski definition) is 2. The Bertz CT molecular complexity index is 611. The summed E-state index contributed by atoms with van der Waals surface area (Å²) in [4.78, 5) is 0. The van der Waals surface area contributed by atoms with Crippen LogP contribution in [0, 0.1) is 11.8 Å². The molecule has 1 heterocycles. The molecule has 27 heavy (non-hydrogen) atoms. The van der Waals surface area contributed by atoms with Gasteiger partial charge in [-0.2, -0.15) is 0 Å². The van der Waals surface area contributed by atoms with Crippen molar-refractivity contribution in [3.8, 4) is 0 Å². The molecule has 0 saturated carbocycles. The third-order valence-corrected chi connectivity index (χ3v) is 5.19. The van der Waals surface area contributed by atoms with Gasteiger partial charge in [0.25, 0.3) is 0 Å². The lowest BCUT2D eigenvalue weighted by Gasteiger charge is -2.43. The minimum atomic E-state index is -0.894. The summed E-state index contributed by atoms with van der Waals surface area (Å²) in [6.45, 7) is 9.75. The van der Waals surface area contributed by atoms with E-state index in [4.69, 9.17) is 14.2 Å². The van der Waals surface area contributed by atoms with Crippen LogP contribution in [0.3, 0.4) is 0 Å². The van der Waals surface area contributed by atoms with E-state index < -0.39 is 24.3 Å². The highest BCUT2D eigenvalue weighted by Crippen LogP contribution is 2.44. The van der Waals surface area contributed by atoms with Crippen LogP contribution in [0.5, 0.6) is 0 Å². The lowest BCUT2D eigenvalue weighted by atomic mass is 9.75. The Morgan fingerprint density at radius 3 is 2.59 bits per heavy atom. The van der Waals surface area contributed by atoms with Crippen LogP contribution in [-0.4, -0.2) is 48.7 Å². The van der Waals surface area contributed by atoms with Crippen LogP contribution < -0.4 is 0 Å². The topological polar surface area (TPSA) is 68.2 Å². The van der Waals surface area contributed by atoms with Crippen LogP contribution in [0.25, 0.3) is 0 Å². The molecule has 1 aliphatic heterocycles. The van der Waals surface area contributed by atoms with Crippen LogP contribution >= 0.6 is 0 Å². The van der Waals surface area contributed by atoms with Gasteiger partial charge in [0.15, 0.2) is 12.6 Å². The summed E-state index contributed by atoms with van der Waals surface area (Å²) in [5.74, 6) is 0.0402. The molecular weight excluding hydrogens is 344 g/mol. The van der Waals surface area contributed by atoms with Gasteiger partial charge in [-0.15, -0.1) is 0 Å². The lowest BCUT2D eigenvalue weighted by molar-refractivity contribution is -0.256. The van der Waals surface area contributed by atoms with Gasteiger partial charge in [-0.3, -0.25) is 0 Å². The largest absolute Gasteiger partial charge is 0.389 e. The van der Waals surface area contributed by atoms with Crippen LogP contribution in [0.15, 0.2) is 47.6 Å². The highest BCUT2D eigenvalue weighted by atomic mass is 16.8. The van der Waals surface area contributed by atoms with Crippen LogP contribution in [0.1, 0.15) is 40.0 Å². The van der Waals surface area contributed by atoms with Crippen molar-refractivity contribution in [1.29, 1.82) is 0 Å². The molecule has 0 radical (unpaired) electrons. The van der Waals surface area contributed by atoms with Crippen molar-refractivity contribution in [3.63, 3.8) is 0 Å². The maximum atomic E-state index is 10.3. The summed E-state index contributed by atoms with van der Waals surface area (Å²) in [5, 5.41) is 20.3. The fourth-order valence-corrected chi connectivity index (χ4v) is 3.93. The first kappa shape index (κ1) is 22.1. The maximum Gasteiger partial charge on any atom is 0.183 e. The molecular formula is C22H34O5. The molecule has 0 unspecified atom stereocenters. The standard InChI is InChI=1S/C22H34O5/c1-14-9-10-17-18(8-7-11-22(3,4)24)20(25-5)27-21(26-6)19(17)15(2)13-16(23)12-14/h7-8,11-12,16-17,19-21,23-24H,2,9-10,13H2,1,3-6H3/b11-7+,14-12-,18-8+/t16-,17+,19-,20-,21-/m0/s1. The average molecular weight is 379 g/mol. The second kappa shape index (κ2) is 9.30. The van der Waals surface area contributed by atoms with Crippen molar-refractivity contribution in [2.75, 3.05) is 14.2 Å². The number of aliphatic hydroxyl groups excluding tert-OH is 1. The highest BCUT2D eigenvalue weighted by molar-refractivity contribution is 5.27. The molecule has 5 nitrogen and oxygen atoms in total. The maximum absolute atomic E-state index is 10.3. The monoisotopic (exact) mass is 378 g/mol. The van der Waals surface area contributed by atoms with E-state index in [1.54, 1.807) is 34.1 Å². The number of aliphatic hydroxyl groups is 2. The Hall–Kier alpha value is -1.24. The smallest absolute Gasteiger partial charge is 0.183 e. The Morgan fingerprint density at radius 1 is 1.30 bits per heavy atom. The van der Waals surface area contributed by atoms with E-state index >= 15 is 0 Å². The molecule has 5 heteroatoms. The molecule has 1 saturated heterocycles. The van der Waals surface area contributed by atoms with Gasteiger partial charge in [0.1, 0.15) is 0 Å². The Balaban J connectivity index is 2.45. The van der Waals surface area contributed by atoms with Gasteiger partial charge in [0.05, 0.1) is 11.7 Å². The van der Waals surface area contributed by atoms with Crippen LogP contribution in [0.2, 0.25) is 0 Å². The third kappa shape index (κ3) is 5.87. The van der Waals surface area contributed by atoms with Crippen LogP contribution in [0.4, 0.5) is 0 Å². The third-order valence-electron chi connectivity index (χ3n) is 5.19. The molecule has 5 atom stereocenters. The molecule has 2 rings (SSSR count). The van der Waals surface area contributed by atoms with Gasteiger partial charge in [-0.1, -0.05) is 42.0 Å². The second-order valence-electron chi connectivity index (χ2n) is 8.10. The van der Waals surface area contributed by atoms with Crippen molar-refractivity contribution in [3.05, 3.63) is 47.6 Å². The minimum Gasteiger partial charge on any atom is -0.389 e. The molecule has 1 fully saturated rings. The first-order chi connectivity index (χ1) is 12.7. The quantitative estimate of drug-likeness (QED) is 0.733. The molecule has 0 aromatic carbocycles. The number of fused-ring (bicyclic) bond motifs is 1. The van der Waals surface area contributed by atoms with E-state index in [1.165, 1.54) is 0 Å². The highest BCUT2D eigenvalue weighted by Gasteiger charge is 2.43. The molecule has 0 aromatic rings. The molecule has 2 N–H and O–H groups in total. The summed E-state index contributed by atoms with van der Waals surface area (Å²) >= 11 is 0. The summed E-state index contributed by atoms with van der Waals surface area (Å²) in [6, 6.07) is 0. The van der Waals surface area contributed by atoms with Gasteiger partial charge >= 0.3 is 0 Å². The van der Waals surface area contributed by atoms with Gasteiger partial charge in [-0.25, -0.2) is 0 Å². The van der Waals surface area contributed by atoms with E-state index in [0.29, 0.717) is 6.42 Å². The fourth-order valence-electron chi connectivity index (χ4n) is 3.93. The van der Waals surface area contributed by atoms with Crippen molar-refractivity contribution < 1.29 is 24.4 Å². The fraction of sp³-hybridized carbons (Fsp3) is 0.636. The first-order valence-electron chi connectivity index (χ1n) is 9.52. The zero-order chi connectivity index (χ0) is 20.2. The second-order valence-corrected chi connectivity index (χ2v) is 8.10. The first-order valence-corrected chi connectivity index (χ1v) is 9.52. The number of methoxy groups -OCH3 is 2. The molecule has 1 aliphatic carbocycles. The van der Waals surface area contributed by atoms with Gasteiger partial charge in [0.2, 0.25) is 0 Å². The summed E-state index contributed by atoms with van der Waals surface area (Å²) in [6.07, 6.45) is 8.15. The number of allylic oxidation sites excluding steroid dienone is 3. The SMILES string of the molecule is C=C1C[C@@H](O)/C=C(/C)CC[C@@H]2/C(=C\C=C\C(C)(C)O)[C@@H](OC)O[C@H](OC)[C@@H]12. The molecule has 0 aromatic heterocycles. The molecule has 0 spiro atoms. The average Bonchev–Trinajstić information content (AvgIpc) is 2.62. The number of ether oxygens (including phenoxy) is 3. The Kier molecular flexibility index (Phi) is 7.60. The van der Waals surface area contributed by atoms with E-state index in [2.05, 4.69) is 6.58 Å². The zero-order valence-corrected chi connectivity index (χ0v) is 17.1. The van der Waals surface area contributed by atoms with Crippen molar-refractivity contribution in [2.24, 2.45) is 11.8 Å². The van der Waals surface area contributed by atoms with Crippen molar-refractivity contribution in [2.45, 2.75) is 64.3 Å². The van der Waals surface area contributed by atoms with E-state index in [9.17, 15) is 10.2 Å². The van der Waals surface area contributed by atoms with Crippen LogP contribution in [-0.2, 0) is 14.2 Å². The molecule has 0 bridgehead atoms. The predicted molar refractivity (Wildman–Crippen MR) is 106 cm³/mol. The van der Waals surface area contributed by atoms with Gasteiger partial charge < -0.3 is 24.4 Å². The summed E-state index contributed by atoms with van der Waals surface area (Å²) < 4.78 is 17.3. The lowest BCUT2D eigenvalue weighted by Crippen LogP contribution is -2.45. The number of hydrogen-bond acceptors (Lipinski definition) is 5. The van der Waals surface area contributed by atoms with Crippen molar-refractivity contribution in [1.82, 2.24) is 0 Å². The van der Waals surface area contributed by atoms with Gasteiger partial charge in [0, 0.05) is 20.1 Å².